The second kappa shape index (κ2) is 8.54. The van der Waals surface area contributed by atoms with Crippen molar-refractivity contribution < 1.29 is 13.2 Å². The molecule has 2 heterocycles. The van der Waals surface area contributed by atoms with E-state index in [2.05, 4.69) is 20.0 Å². The van der Waals surface area contributed by atoms with Crippen LogP contribution in [0.3, 0.4) is 0 Å². The molecule has 158 valence electrons. The number of rotatable bonds is 6. The molecule has 0 aliphatic heterocycles. The number of benzene rings is 2. The van der Waals surface area contributed by atoms with Crippen LogP contribution in [-0.4, -0.2) is 28.4 Å². The Labute approximate surface area is 188 Å². The SMILES string of the molecule is Cc1cc(S(=O)(=O)Nc2ccc(Oc3ccc(-n4cccn4)nn3)cc2)c(Cl)cc1Cl. The van der Waals surface area contributed by atoms with Crippen LogP contribution in [0.1, 0.15) is 5.56 Å². The van der Waals surface area contributed by atoms with Crippen molar-refractivity contribution in [3.05, 3.63) is 82.6 Å². The van der Waals surface area contributed by atoms with Crippen molar-refractivity contribution in [3.8, 4) is 17.4 Å². The predicted octanol–water partition coefficient (Wildman–Crippen LogP) is 4.87. The molecule has 2 aromatic heterocycles. The Kier molecular flexibility index (Phi) is 5.81. The van der Waals surface area contributed by atoms with E-state index in [4.69, 9.17) is 27.9 Å². The molecular formula is C20H15Cl2N5O3S. The molecule has 11 heteroatoms. The molecule has 8 nitrogen and oxygen atoms in total. The maximum Gasteiger partial charge on any atom is 0.263 e. The highest BCUT2D eigenvalue weighted by molar-refractivity contribution is 7.92. The van der Waals surface area contributed by atoms with Gasteiger partial charge >= 0.3 is 0 Å². The van der Waals surface area contributed by atoms with Crippen LogP contribution in [0.5, 0.6) is 11.6 Å². The molecule has 0 aliphatic rings. The van der Waals surface area contributed by atoms with Crippen molar-refractivity contribution in [2.45, 2.75) is 11.8 Å². The summed E-state index contributed by atoms with van der Waals surface area (Å²) in [5, 5.41) is 12.6. The molecule has 0 aliphatic carbocycles. The summed E-state index contributed by atoms with van der Waals surface area (Å²) < 4.78 is 35.1. The van der Waals surface area contributed by atoms with E-state index in [0.717, 1.165) is 0 Å². The standard InChI is InChI=1S/C20H15Cl2N5O3S/c1-13-11-18(17(22)12-16(13)21)31(28,29)26-14-3-5-15(6-4-14)30-20-8-7-19(24-25-20)27-10-2-9-23-27/h2-12,26H,1H3. The highest BCUT2D eigenvalue weighted by Crippen LogP contribution is 2.30. The minimum Gasteiger partial charge on any atom is -0.438 e. The van der Waals surface area contributed by atoms with Gasteiger partial charge in [0, 0.05) is 29.2 Å². The summed E-state index contributed by atoms with van der Waals surface area (Å²) in [6.07, 6.45) is 3.40. The Morgan fingerprint density at radius 1 is 1.00 bits per heavy atom. The summed E-state index contributed by atoms with van der Waals surface area (Å²) in [4.78, 5) is -0.0519. The van der Waals surface area contributed by atoms with E-state index in [1.807, 2.05) is 0 Å². The zero-order valence-corrected chi connectivity index (χ0v) is 18.4. The normalized spacial score (nSPS) is 11.3. The average Bonchev–Trinajstić information content (AvgIpc) is 3.27. The van der Waals surface area contributed by atoms with E-state index in [1.54, 1.807) is 66.5 Å². The van der Waals surface area contributed by atoms with Crippen molar-refractivity contribution in [2.75, 3.05) is 4.72 Å². The lowest BCUT2D eigenvalue weighted by Crippen LogP contribution is -2.13. The summed E-state index contributed by atoms with van der Waals surface area (Å²) in [7, 11) is -3.89. The first-order valence-corrected chi connectivity index (χ1v) is 11.2. The number of aromatic nitrogens is 4. The molecule has 0 spiro atoms. The topological polar surface area (TPSA) is 99.0 Å². The van der Waals surface area contributed by atoms with Crippen molar-refractivity contribution in [1.29, 1.82) is 0 Å². The highest BCUT2D eigenvalue weighted by atomic mass is 35.5. The second-order valence-corrected chi connectivity index (χ2v) is 8.91. The van der Waals surface area contributed by atoms with Gasteiger partial charge in [-0.1, -0.05) is 23.2 Å². The fraction of sp³-hybridized carbons (Fsp3) is 0.0500. The van der Waals surface area contributed by atoms with Crippen LogP contribution in [-0.2, 0) is 10.0 Å². The number of nitrogens with zero attached hydrogens (tertiary/aromatic N) is 4. The van der Waals surface area contributed by atoms with Crippen molar-refractivity contribution in [2.24, 2.45) is 0 Å². The lowest BCUT2D eigenvalue weighted by atomic mass is 10.2. The number of ether oxygens (including phenoxy) is 1. The van der Waals surface area contributed by atoms with Gasteiger partial charge in [0.15, 0.2) is 5.82 Å². The smallest absolute Gasteiger partial charge is 0.263 e. The van der Waals surface area contributed by atoms with Gasteiger partial charge in [-0.25, -0.2) is 13.1 Å². The van der Waals surface area contributed by atoms with E-state index >= 15 is 0 Å². The fourth-order valence-corrected chi connectivity index (χ4v) is 4.54. The molecule has 0 unspecified atom stereocenters. The van der Waals surface area contributed by atoms with Gasteiger partial charge in [-0.3, -0.25) is 4.72 Å². The molecule has 0 fully saturated rings. The molecule has 2 aromatic carbocycles. The Morgan fingerprint density at radius 3 is 2.42 bits per heavy atom. The zero-order chi connectivity index (χ0) is 22.0. The number of sulfonamides is 1. The second-order valence-electron chi connectivity index (χ2n) is 6.44. The lowest BCUT2D eigenvalue weighted by molar-refractivity contribution is 0.454. The molecule has 0 saturated heterocycles. The van der Waals surface area contributed by atoms with E-state index in [-0.39, 0.29) is 15.8 Å². The average molecular weight is 476 g/mol. The molecule has 0 radical (unpaired) electrons. The first-order chi connectivity index (χ1) is 14.8. The monoisotopic (exact) mass is 475 g/mol. The van der Waals surface area contributed by atoms with Crippen LogP contribution in [0.25, 0.3) is 5.82 Å². The third kappa shape index (κ3) is 4.79. The molecule has 0 bridgehead atoms. The van der Waals surface area contributed by atoms with Gasteiger partial charge in [-0.2, -0.15) is 5.10 Å². The van der Waals surface area contributed by atoms with Crippen LogP contribution >= 0.6 is 23.2 Å². The minimum absolute atomic E-state index is 0.0418. The number of aryl methyl sites for hydroxylation is 1. The van der Waals surface area contributed by atoms with Gasteiger partial charge in [0.05, 0.1) is 5.02 Å². The molecule has 4 rings (SSSR count). The van der Waals surface area contributed by atoms with Crippen molar-refractivity contribution >= 4 is 38.9 Å². The van der Waals surface area contributed by atoms with Crippen molar-refractivity contribution in [3.63, 3.8) is 0 Å². The van der Waals surface area contributed by atoms with Gasteiger partial charge in [0.25, 0.3) is 10.0 Å². The van der Waals surface area contributed by atoms with Crippen LogP contribution in [0.2, 0.25) is 10.0 Å². The molecule has 4 aromatic rings. The highest BCUT2D eigenvalue weighted by Gasteiger charge is 2.19. The first kappa shape index (κ1) is 21.1. The van der Waals surface area contributed by atoms with Gasteiger partial charge in [-0.05, 0) is 61.0 Å². The van der Waals surface area contributed by atoms with E-state index < -0.39 is 10.0 Å². The third-order valence-corrected chi connectivity index (χ3v) is 6.45. The Morgan fingerprint density at radius 2 is 1.77 bits per heavy atom. The summed E-state index contributed by atoms with van der Waals surface area (Å²) in [5.41, 5.74) is 0.950. The molecule has 1 N–H and O–H groups in total. The fourth-order valence-electron chi connectivity index (χ4n) is 2.65. The Bertz CT molecular complexity index is 1310. The number of hydrogen-bond donors (Lipinski definition) is 1. The zero-order valence-electron chi connectivity index (χ0n) is 16.0. The molecule has 0 amide bonds. The van der Waals surface area contributed by atoms with Crippen LogP contribution in [0, 0.1) is 6.92 Å². The van der Waals surface area contributed by atoms with E-state index in [1.165, 1.54) is 12.1 Å². The number of anilines is 1. The number of halogens is 2. The maximum absolute atomic E-state index is 12.7. The van der Waals surface area contributed by atoms with Gasteiger partial charge < -0.3 is 4.74 Å². The number of hydrogen-bond acceptors (Lipinski definition) is 6. The first-order valence-electron chi connectivity index (χ1n) is 8.92. The van der Waals surface area contributed by atoms with Crippen LogP contribution in [0.4, 0.5) is 5.69 Å². The molecule has 0 saturated carbocycles. The van der Waals surface area contributed by atoms with Crippen LogP contribution in [0.15, 0.2) is 71.9 Å². The molecular weight excluding hydrogens is 461 g/mol. The summed E-state index contributed by atoms with van der Waals surface area (Å²) >= 11 is 12.1. The van der Waals surface area contributed by atoms with Gasteiger partial charge in [0.2, 0.25) is 5.88 Å². The Balaban J connectivity index is 1.46. The quantitative estimate of drug-likeness (QED) is 0.426. The maximum atomic E-state index is 12.7. The Hall–Kier alpha value is -3.14. The van der Waals surface area contributed by atoms with Gasteiger partial charge in [0.1, 0.15) is 10.6 Å². The van der Waals surface area contributed by atoms with Crippen molar-refractivity contribution in [1.82, 2.24) is 20.0 Å². The summed E-state index contributed by atoms with van der Waals surface area (Å²) in [6.45, 7) is 1.70. The summed E-state index contributed by atoms with van der Waals surface area (Å²) in [5.74, 6) is 1.30. The largest absolute Gasteiger partial charge is 0.438 e. The number of nitrogens with one attached hydrogen (secondary N) is 1. The lowest BCUT2D eigenvalue weighted by Gasteiger charge is -2.12. The van der Waals surface area contributed by atoms with Gasteiger partial charge in [-0.15, -0.1) is 10.2 Å². The molecule has 31 heavy (non-hydrogen) atoms. The summed E-state index contributed by atoms with van der Waals surface area (Å²) in [6, 6.07) is 14.3. The third-order valence-electron chi connectivity index (χ3n) is 4.20. The van der Waals surface area contributed by atoms with Crippen LogP contribution < -0.4 is 9.46 Å². The minimum atomic E-state index is -3.89. The van der Waals surface area contributed by atoms with E-state index in [0.29, 0.717) is 27.8 Å². The predicted molar refractivity (Wildman–Crippen MR) is 118 cm³/mol. The van der Waals surface area contributed by atoms with E-state index in [9.17, 15) is 8.42 Å². The molecule has 0 atom stereocenters.